The number of furan rings is 1. The van der Waals surface area contributed by atoms with Crippen molar-refractivity contribution in [2.75, 3.05) is 5.32 Å². The van der Waals surface area contributed by atoms with E-state index in [4.69, 9.17) is 9.52 Å². The van der Waals surface area contributed by atoms with Gasteiger partial charge >= 0.3 is 5.97 Å². The molecule has 0 fully saturated rings. The molecule has 0 radical (unpaired) electrons. The molecule has 0 spiro atoms. The highest BCUT2D eigenvalue weighted by molar-refractivity contribution is 5.84. The van der Waals surface area contributed by atoms with Crippen LogP contribution in [0.2, 0.25) is 0 Å². The van der Waals surface area contributed by atoms with Gasteiger partial charge in [0.15, 0.2) is 0 Å². The van der Waals surface area contributed by atoms with Crippen LogP contribution in [0.1, 0.15) is 27.4 Å². The minimum absolute atomic E-state index is 0.0191. The number of carboxylic acid groups (broad SMARTS) is 1. The Balaban J connectivity index is 2.17. The lowest BCUT2D eigenvalue weighted by Gasteiger charge is -2.08. The fourth-order valence-electron chi connectivity index (χ4n) is 1.77. The van der Waals surface area contributed by atoms with E-state index in [1.165, 1.54) is 13.0 Å². The molecule has 0 amide bonds. The Kier molecular flexibility index (Phi) is 3.74. The summed E-state index contributed by atoms with van der Waals surface area (Å²) in [6.07, 6.45) is 0. The lowest BCUT2D eigenvalue weighted by molar-refractivity contribution is 0.0661. The Labute approximate surface area is 114 Å². The fourth-order valence-corrected chi connectivity index (χ4v) is 1.77. The number of aromatic carboxylic acids is 1. The zero-order chi connectivity index (χ0) is 14.9. The van der Waals surface area contributed by atoms with Crippen LogP contribution in [0.3, 0.4) is 0 Å². The summed E-state index contributed by atoms with van der Waals surface area (Å²) in [5.41, 5.74) is 0.814. The summed E-state index contributed by atoms with van der Waals surface area (Å²) in [6.45, 7) is 3.22. The van der Waals surface area contributed by atoms with E-state index in [2.05, 4.69) is 5.32 Å². The van der Waals surface area contributed by atoms with Crippen molar-refractivity contribution in [3.63, 3.8) is 0 Å². The van der Waals surface area contributed by atoms with Crippen molar-refractivity contribution in [3.8, 4) is 0 Å². The number of anilines is 1. The summed E-state index contributed by atoms with van der Waals surface area (Å²) in [5, 5.41) is 11.5. The molecule has 1 aromatic carbocycles. The molecular formula is C14H13F2NO3. The summed E-state index contributed by atoms with van der Waals surface area (Å²) in [6, 6.07) is 3.52. The van der Waals surface area contributed by atoms with E-state index in [1.54, 1.807) is 6.92 Å². The smallest absolute Gasteiger partial charge is 0.371 e. The van der Waals surface area contributed by atoms with Gasteiger partial charge < -0.3 is 14.8 Å². The van der Waals surface area contributed by atoms with E-state index in [0.29, 0.717) is 11.3 Å². The third kappa shape index (κ3) is 2.79. The Morgan fingerprint density at radius 2 is 1.95 bits per heavy atom. The van der Waals surface area contributed by atoms with Crippen LogP contribution in [0.25, 0.3) is 0 Å². The first-order valence-corrected chi connectivity index (χ1v) is 5.90. The monoisotopic (exact) mass is 281 g/mol. The van der Waals surface area contributed by atoms with Crippen molar-refractivity contribution in [1.82, 2.24) is 0 Å². The Morgan fingerprint density at radius 1 is 1.25 bits per heavy atom. The van der Waals surface area contributed by atoms with Crippen LogP contribution in [0.4, 0.5) is 14.5 Å². The summed E-state index contributed by atoms with van der Waals surface area (Å²) >= 11 is 0. The van der Waals surface area contributed by atoms with Crippen molar-refractivity contribution in [2.45, 2.75) is 20.4 Å². The molecule has 1 heterocycles. The van der Waals surface area contributed by atoms with Gasteiger partial charge in [0.1, 0.15) is 17.4 Å². The minimum atomic E-state index is -1.17. The topological polar surface area (TPSA) is 62.5 Å². The van der Waals surface area contributed by atoms with Crippen LogP contribution >= 0.6 is 0 Å². The highest BCUT2D eigenvalue weighted by Crippen LogP contribution is 2.21. The average molecular weight is 281 g/mol. The van der Waals surface area contributed by atoms with Gasteiger partial charge in [-0.25, -0.2) is 13.6 Å². The second-order valence-electron chi connectivity index (χ2n) is 4.43. The molecule has 0 saturated carbocycles. The summed E-state index contributed by atoms with van der Waals surface area (Å²) in [7, 11) is 0. The van der Waals surface area contributed by atoms with Crippen molar-refractivity contribution >= 4 is 11.7 Å². The van der Waals surface area contributed by atoms with E-state index < -0.39 is 17.6 Å². The number of benzene rings is 1. The molecule has 0 saturated heterocycles. The number of nitrogens with one attached hydrogen (secondary N) is 1. The number of carbonyl (C=O) groups is 1. The third-order valence-electron chi connectivity index (χ3n) is 2.95. The van der Waals surface area contributed by atoms with Crippen LogP contribution in [-0.4, -0.2) is 11.1 Å². The van der Waals surface area contributed by atoms with Crippen LogP contribution < -0.4 is 5.32 Å². The van der Waals surface area contributed by atoms with Crippen molar-refractivity contribution < 1.29 is 23.1 Å². The maximum Gasteiger partial charge on any atom is 0.371 e. The molecule has 6 heteroatoms. The number of carboxylic acids is 1. The maximum atomic E-state index is 13.6. The lowest BCUT2D eigenvalue weighted by Crippen LogP contribution is -2.03. The van der Waals surface area contributed by atoms with Crippen LogP contribution in [0, 0.1) is 25.5 Å². The molecule has 0 aliphatic heterocycles. The van der Waals surface area contributed by atoms with Gasteiger partial charge in [0.05, 0.1) is 5.69 Å². The van der Waals surface area contributed by atoms with E-state index in [0.717, 1.165) is 12.1 Å². The van der Waals surface area contributed by atoms with Gasteiger partial charge in [0.25, 0.3) is 0 Å². The van der Waals surface area contributed by atoms with Crippen LogP contribution in [0.5, 0.6) is 0 Å². The highest BCUT2D eigenvalue weighted by Gasteiger charge is 2.14. The van der Waals surface area contributed by atoms with E-state index >= 15 is 0 Å². The fraction of sp³-hybridized carbons (Fsp3) is 0.214. The van der Waals surface area contributed by atoms with Gasteiger partial charge in [-0.1, -0.05) is 0 Å². The van der Waals surface area contributed by atoms with Crippen molar-refractivity contribution in [1.29, 1.82) is 0 Å². The quantitative estimate of drug-likeness (QED) is 0.900. The van der Waals surface area contributed by atoms with Gasteiger partial charge in [0.2, 0.25) is 5.76 Å². The summed E-state index contributed by atoms with van der Waals surface area (Å²) < 4.78 is 32.0. The molecule has 0 atom stereocenters. The molecule has 0 unspecified atom stereocenters. The van der Waals surface area contributed by atoms with E-state index in [9.17, 15) is 13.6 Å². The third-order valence-corrected chi connectivity index (χ3v) is 2.95. The molecular weight excluding hydrogens is 268 g/mol. The first kappa shape index (κ1) is 14.0. The van der Waals surface area contributed by atoms with Crippen LogP contribution in [0.15, 0.2) is 22.6 Å². The van der Waals surface area contributed by atoms with Gasteiger partial charge in [0, 0.05) is 18.2 Å². The maximum absolute atomic E-state index is 13.6. The molecule has 2 N–H and O–H groups in total. The summed E-state index contributed by atoms with van der Waals surface area (Å²) in [4.78, 5) is 10.8. The molecule has 1 aromatic heterocycles. The minimum Gasteiger partial charge on any atom is -0.475 e. The van der Waals surface area contributed by atoms with E-state index in [-0.39, 0.29) is 23.6 Å². The second kappa shape index (κ2) is 5.32. The van der Waals surface area contributed by atoms with Crippen LogP contribution in [-0.2, 0) is 6.54 Å². The zero-order valence-electron chi connectivity index (χ0n) is 11.0. The number of hydrogen-bond donors (Lipinski definition) is 2. The summed E-state index contributed by atoms with van der Waals surface area (Å²) in [5.74, 6) is -2.02. The first-order chi connectivity index (χ1) is 9.38. The number of hydrogen-bond acceptors (Lipinski definition) is 3. The molecule has 0 aliphatic carbocycles. The largest absolute Gasteiger partial charge is 0.475 e. The normalized spacial score (nSPS) is 10.6. The zero-order valence-corrected chi connectivity index (χ0v) is 11.0. The molecule has 20 heavy (non-hydrogen) atoms. The molecule has 0 aliphatic rings. The number of rotatable bonds is 4. The van der Waals surface area contributed by atoms with E-state index in [1.807, 2.05) is 0 Å². The molecule has 4 nitrogen and oxygen atoms in total. The molecule has 2 aromatic rings. The number of aryl methyl sites for hydroxylation is 2. The standard InChI is InChI=1S/C14H13F2NO3/c1-7-3-11(16)12(5-10(7)15)17-6-9-4-13(14(18)19)20-8(9)2/h3-5,17H,6H2,1-2H3,(H,18,19). The predicted molar refractivity (Wildman–Crippen MR) is 68.8 cm³/mol. The first-order valence-electron chi connectivity index (χ1n) is 5.90. The van der Waals surface area contributed by atoms with Gasteiger partial charge in [-0.3, -0.25) is 0 Å². The molecule has 0 bridgehead atoms. The predicted octanol–water partition coefficient (Wildman–Crippen LogP) is 3.48. The van der Waals surface area contributed by atoms with Gasteiger partial charge in [-0.2, -0.15) is 0 Å². The lowest BCUT2D eigenvalue weighted by atomic mass is 10.2. The number of halogens is 2. The Morgan fingerprint density at radius 3 is 2.55 bits per heavy atom. The average Bonchev–Trinajstić information content (AvgIpc) is 2.74. The molecule has 2 rings (SSSR count). The Hall–Kier alpha value is -2.37. The highest BCUT2D eigenvalue weighted by atomic mass is 19.1. The second-order valence-corrected chi connectivity index (χ2v) is 4.43. The SMILES string of the molecule is Cc1cc(F)c(NCc2cc(C(=O)O)oc2C)cc1F. The van der Waals surface area contributed by atoms with Crippen molar-refractivity contribution in [2.24, 2.45) is 0 Å². The van der Waals surface area contributed by atoms with Gasteiger partial charge in [-0.05, 0) is 31.5 Å². The van der Waals surface area contributed by atoms with Crippen molar-refractivity contribution in [3.05, 3.63) is 52.5 Å². The Bertz CT molecular complexity index is 665. The van der Waals surface area contributed by atoms with Gasteiger partial charge in [-0.15, -0.1) is 0 Å². The molecule has 106 valence electrons.